The highest BCUT2D eigenvalue weighted by Crippen LogP contribution is 2.25. The van der Waals surface area contributed by atoms with Gasteiger partial charge in [0.15, 0.2) is 14.5 Å². The van der Waals surface area contributed by atoms with Crippen molar-refractivity contribution in [3.8, 4) is 0 Å². The molecule has 2 aromatic rings. The Bertz CT molecular complexity index is 442. The Kier molecular flexibility index (Phi) is 2.14. The molecule has 0 fully saturated rings. The summed E-state index contributed by atoms with van der Waals surface area (Å²) in [5.41, 5.74) is 1.11. The number of nitrogens with zero attached hydrogens (tertiary/aromatic N) is 2. The van der Waals surface area contributed by atoms with Crippen molar-refractivity contribution in [1.29, 1.82) is 0 Å². The van der Waals surface area contributed by atoms with Gasteiger partial charge < -0.3 is 4.42 Å². The van der Waals surface area contributed by atoms with Gasteiger partial charge in [0.1, 0.15) is 5.52 Å². The molecule has 0 amide bonds. The molecule has 2 aromatic heterocycles. The topological polar surface area (TPSA) is 38.9 Å². The lowest BCUT2D eigenvalue weighted by atomic mass is 10.5. The Morgan fingerprint density at radius 3 is 2.83 bits per heavy atom. The molecule has 62 valence electrons. The standard InChI is InChI=1S/C6HCl2IN2O/c7-5-4-2(1-3(9)12-4)10-6(8)11-5/h1H. The molecule has 0 spiro atoms. The van der Waals surface area contributed by atoms with Crippen LogP contribution in [0.15, 0.2) is 10.5 Å². The van der Waals surface area contributed by atoms with E-state index in [0.29, 0.717) is 14.9 Å². The van der Waals surface area contributed by atoms with E-state index in [0.717, 1.165) is 0 Å². The number of halogens is 3. The van der Waals surface area contributed by atoms with Crippen molar-refractivity contribution in [3.05, 3.63) is 20.3 Å². The quantitative estimate of drug-likeness (QED) is 0.426. The maximum atomic E-state index is 5.74. The van der Waals surface area contributed by atoms with E-state index in [2.05, 4.69) is 9.97 Å². The van der Waals surface area contributed by atoms with Crippen molar-refractivity contribution < 1.29 is 4.42 Å². The Labute approximate surface area is 91.2 Å². The Morgan fingerprint density at radius 1 is 1.33 bits per heavy atom. The maximum Gasteiger partial charge on any atom is 0.224 e. The number of aromatic nitrogens is 2. The zero-order chi connectivity index (χ0) is 8.72. The van der Waals surface area contributed by atoms with Gasteiger partial charge in [-0.15, -0.1) is 0 Å². The second kappa shape index (κ2) is 3.01. The largest absolute Gasteiger partial charge is 0.445 e. The van der Waals surface area contributed by atoms with Crippen LogP contribution in [-0.4, -0.2) is 9.97 Å². The molecule has 0 aliphatic carbocycles. The molecule has 6 heteroatoms. The van der Waals surface area contributed by atoms with Crippen LogP contribution in [0.2, 0.25) is 10.4 Å². The van der Waals surface area contributed by atoms with Crippen LogP contribution < -0.4 is 0 Å². The second-order valence-electron chi connectivity index (χ2n) is 2.05. The van der Waals surface area contributed by atoms with Gasteiger partial charge in [0, 0.05) is 6.07 Å². The van der Waals surface area contributed by atoms with Crippen LogP contribution in [0.4, 0.5) is 0 Å². The molecule has 0 aliphatic rings. The first-order valence-electron chi connectivity index (χ1n) is 2.95. The molecule has 0 saturated carbocycles. The average molecular weight is 315 g/mol. The van der Waals surface area contributed by atoms with Crippen LogP contribution in [0.25, 0.3) is 11.1 Å². The molecule has 3 nitrogen and oxygen atoms in total. The van der Waals surface area contributed by atoms with Crippen molar-refractivity contribution in [2.24, 2.45) is 0 Å². The van der Waals surface area contributed by atoms with Crippen molar-refractivity contribution in [2.75, 3.05) is 0 Å². The van der Waals surface area contributed by atoms with Gasteiger partial charge in [0.05, 0.1) is 0 Å². The molecule has 0 saturated heterocycles. The summed E-state index contributed by atoms with van der Waals surface area (Å²) in [6.07, 6.45) is 0. The first-order valence-corrected chi connectivity index (χ1v) is 4.78. The van der Waals surface area contributed by atoms with E-state index in [4.69, 9.17) is 27.6 Å². The molecule has 2 heterocycles. The van der Waals surface area contributed by atoms with Gasteiger partial charge in [-0.1, -0.05) is 11.6 Å². The maximum absolute atomic E-state index is 5.74. The number of hydrogen-bond donors (Lipinski definition) is 0. The fraction of sp³-hybridized carbons (Fsp3) is 0. The van der Waals surface area contributed by atoms with E-state index in [1.54, 1.807) is 6.07 Å². The van der Waals surface area contributed by atoms with Gasteiger partial charge in [0.2, 0.25) is 5.28 Å². The Morgan fingerprint density at radius 2 is 2.08 bits per heavy atom. The van der Waals surface area contributed by atoms with Crippen LogP contribution in [0.1, 0.15) is 0 Å². The molecule has 2 rings (SSSR count). The molecular formula is C6HCl2IN2O. The van der Waals surface area contributed by atoms with Crippen molar-refractivity contribution >= 4 is 56.9 Å². The lowest BCUT2D eigenvalue weighted by Crippen LogP contribution is -1.82. The van der Waals surface area contributed by atoms with E-state index in [1.807, 2.05) is 22.6 Å². The van der Waals surface area contributed by atoms with Crippen molar-refractivity contribution in [1.82, 2.24) is 9.97 Å². The summed E-state index contributed by atoms with van der Waals surface area (Å²) < 4.78 is 5.93. The SMILES string of the molecule is Clc1nc(Cl)c2oc(I)cc2n1. The number of hydrogen-bond acceptors (Lipinski definition) is 3. The molecule has 0 N–H and O–H groups in total. The predicted octanol–water partition coefficient (Wildman–Crippen LogP) is 3.13. The van der Waals surface area contributed by atoms with Gasteiger partial charge in [-0.25, -0.2) is 9.97 Å². The first kappa shape index (κ1) is 8.52. The fourth-order valence-corrected chi connectivity index (χ4v) is 1.79. The molecule has 0 bridgehead atoms. The van der Waals surface area contributed by atoms with Gasteiger partial charge in [-0.05, 0) is 34.2 Å². The number of furan rings is 1. The third-order valence-corrected chi connectivity index (χ3v) is 2.23. The summed E-state index contributed by atoms with van der Waals surface area (Å²) >= 11 is 13.4. The fourth-order valence-electron chi connectivity index (χ4n) is 0.839. The van der Waals surface area contributed by atoms with Crippen LogP contribution in [0.5, 0.6) is 0 Å². The molecule has 0 unspecified atom stereocenters. The first-order chi connectivity index (χ1) is 5.66. The van der Waals surface area contributed by atoms with E-state index in [9.17, 15) is 0 Å². The number of fused-ring (bicyclic) bond motifs is 1. The van der Waals surface area contributed by atoms with Crippen molar-refractivity contribution in [2.45, 2.75) is 0 Å². The summed E-state index contributed by atoms with van der Waals surface area (Å²) in [4.78, 5) is 7.67. The minimum Gasteiger partial charge on any atom is -0.445 e. The molecule has 0 aromatic carbocycles. The summed E-state index contributed by atoms with van der Waals surface area (Å²) in [7, 11) is 0. The summed E-state index contributed by atoms with van der Waals surface area (Å²) in [5.74, 6) is 0. The van der Waals surface area contributed by atoms with Crippen LogP contribution >= 0.6 is 45.8 Å². The second-order valence-corrected chi connectivity index (χ2v) is 3.81. The summed E-state index contributed by atoms with van der Waals surface area (Å²) in [6.45, 7) is 0. The molecule has 12 heavy (non-hydrogen) atoms. The lowest BCUT2D eigenvalue weighted by molar-refractivity contribution is 0.582. The minimum atomic E-state index is 0.129. The highest BCUT2D eigenvalue weighted by molar-refractivity contribution is 14.1. The zero-order valence-electron chi connectivity index (χ0n) is 5.51. The average Bonchev–Trinajstić information content (AvgIpc) is 2.29. The van der Waals surface area contributed by atoms with E-state index < -0.39 is 0 Å². The lowest BCUT2D eigenvalue weighted by Gasteiger charge is -1.90. The normalized spacial score (nSPS) is 10.9. The smallest absolute Gasteiger partial charge is 0.224 e. The molecule has 0 atom stereocenters. The van der Waals surface area contributed by atoms with Gasteiger partial charge >= 0.3 is 0 Å². The van der Waals surface area contributed by atoms with Crippen LogP contribution in [0.3, 0.4) is 0 Å². The van der Waals surface area contributed by atoms with Crippen molar-refractivity contribution in [3.63, 3.8) is 0 Å². The van der Waals surface area contributed by atoms with Crippen LogP contribution in [-0.2, 0) is 0 Å². The Hall–Kier alpha value is -0.0700. The summed E-state index contributed by atoms with van der Waals surface area (Å²) in [6, 6.07) is 1.75. The third-order valence-electron chi connectivity index (χ3n) is 1.27. The van der Waals surface area contributed by atoms with E-state index >= 15 is 0 Å². The predicted molar refractivity (Wildman–Crippen MR) is 54.5 cm³/mol. The van der Waals surface area contributed by atoms with E-state index in [-0.39, 0.29) is 10.4 Å². The highest BCUT2D eigenvalue weighted by atomic mass is 127. The molecule has 0 aliphatic heterocycles. The molecular weight excluding hydrogens is 314 g/mol. The monoisotopic (exact) mass is 314 g/mol. The third kappa shape index (κ3) is 1.38. The highest BCUT2D eigenvalue weighted by Gasteiger charge is 2.09. The Balaban J connectivity index is 2.88. The zero-order valence-corrected chi connectivity index (χ0v) is 9.18. The minimum absolute atomic E-state index is 0.129. The van der Waals surface area contributed by atoms with Gasteiger partial charge in [-0.3, -0.25) is 0 Å². The summed E-state index contributed by atoms with van der Waals surface area (Å²) in [5, 5.41) is 0.373. The van der Waals surface area contributed by atoms with Crippen LogP contribution in [0, 0.1) is 3.77 Å². The van der Waals surface area contributed by atoms with Gasteiger partial charge in [0.25, 0.3) is 0 Å². The molecule has 0 radical (unpaired) electrons. The van der Waals surface area contributed by atoms with Gasteiger partial charge in [-0.2, -0.15) is 0 Å². The number of rotatable bonds is 0. The van der Waals surface area contributed by atoms with E-state index in [1.165, 1.54) is 0 Å².